The molecule has 2 aromatic carbocycles. The molecule has 76 valence electrons. The number of rotatable bonds is 2. The summed E-state index contributed by atoms with van der Waals surface area (Å²) in [4.78, 5) is 0. The maximum absolute atomic E-state index is 6.05. The van der Waals surface area contributed by atoms with Gasteiger partial charge in [-0.1, -0.05) is 29.8 Å². The van der Waals surface area contributed by atoms with E-state index in [-0.39, 0.29) is 0 Å². The molecule has 3 heteroatoms. The molecule has 0 bridgehead atoms. The summed E-state index contributed by atoms with van der Waals surface area (Å²) in [6.45, 7) is 0. The van der Waals surface area contributed by atoms with Crippen molar-refractivity contribution in [3.05, 3.63) is 57.1 Å². The lowest BCUT2D eigenvalue weighted by Crippen LogP contribution is -1.85. The molecule has 0 atom stereocenters. The molecule has 0 spiro atoms. The average molecular weight is 331 g/mol. The molecule has 0 aliphatic rings. The van der Waals surface area contributed by atoms with Crippen LogP contribution in [0, 0.1) is 3.57 Å². The van der Waals surface area contributed by atoms with Gasteiger partial charge in [0, 0.05) is 3.57 Å². The molecule has 2 aromatic rings. The van der Waals surface area contributed by atoms with Gasteiger partial charge < -0.3 is 4.74 Å². The molecule has 0 saturated carbocycles. The van der Waals surface area contributed by atoms with E-state index in [4.69, 9.17) is 16.3 Å². The van der Waals surface area contributed by atoms with Crippen LogP contribution in [0.25, 0.3) is 0 Å². The van der Waals surface area contributed by atoms with Crippen molar-refractivity contribution in [1.29, 1.82) is 0 Å². The van der Waals surface area contributed by atoms with Crippen molar-refractivity contribution >= 4 is 34.2 Å². The van der Waals surface area contributed by atoms with Gasteiger partial charge in [0.1, 0.15) is 11.5 Å². The van der Waals surface area contributed by atoms with Crippen molar-refractivity contribution < 1.29 is 4.74 Å². The van der Waals surface area contributed by atoms with Crippen LogP contribution in [-0.4, -0.2) is 0 Å². The average Bonchev–Trinajstić information content (AvgIpc) is 2.24. The zero-order chi connectivity index (χ0) is 10.7. The lowest BCUT2D eigenvalue weighted by Gasteiger charge is -2.07. The predicted octanol–water partition coefficient (Wildman–Crippen LogP) is 4.74. The molecule has 0 aliphatic heterocycles. The van der Waals surface area contributed by atoms with E-state index < -0.39 is 0 Å². The van der Waals surface area contributed by atoms with Gasteiger partial charge in [-0.15, -0.1) is 0 Å². The minimum Gasteiger partial charge on any atom is -0.456 e. The van der Waals surface area contributed by atoms with Crippen molar-refractivity contribution in [2.75, 3.05) is 0 Å². The molecule has 0 heterocycles. The Morgan fingerprint density at radius 2 is 1.73 bits per heavy atom. The van der Waals surface area contributed by atoms with Gasteiger partial charge >= 0.3 is 0 Å². The molecular formula is C12H8ClIO. The quantitative estimate of drug-likeness (QED) is 0.723. The summed E-state index contributed by atoms with van der Waals surface area (Å²) in [7, 11) is 0. The first-order chi connectivity index (χ1) is 7.25. The Labute approximate surface area is 107 Å². The summed E-state index contributed by atoms with van der Waals surface area (Å²) in [5.74, 6) is 1.48. The maximum atomic E-state index is 6.05. The molecule has 0 N–H and O–H groups in total. The minimum atomic E-state index is 0.630. The van der Waals surface area contributed by atoms with Gasteiger partial charge in [-0.25, -0.2) is 0 Å². The summed E-state index contributed by atoms with van der Waals surface area (Å²) in [5, 5.41) is 0.630. The summed E-state index contributed by atoms with van der Waals surface area (Å²) < 4.78 is 6.72. The lowest BCUT2D eigenvalue weighted by atomic mass is 10.3. The first-order valence-electron chi connectivity index (χ1n) is 4.43. The first-order valence-corrected chi connectivity index (χ1v) is 5.89. The highest BCUT2D eigenvalue weighted by Gasteiger charge is 2.02. The summed E-state index contributed by atoms with van der Waals surface area (Å²) in [5.41, 5.74) is 0. The summed E-state index contributed by atoms with van der Waals surface area (Å²) in [6, 6.07) is 15.3. The predicted molar refractivity (Wildman–Crippen MR) is 70.7 cm³/mol. The zero-order valence-corrected chi connectivity index (χ0v) is 10.7. The smallest absolute Gasteiger partial charge is 0.146 e. The highest BCUT2D eigenvalue weighted by Crippen LogP contribution is 2.30. The van der Waals surface area contributed by atoms with Crippen molar-refractivity contribution in [1.82, 2.24) is 0 Å². The van der Waals surface area contributed by atoms with Crippen LogP contribution in [0.15, 0.2) is 48.5 Å². The number of halogens is 2. The van der Waals surface area contributed by atoms with Gasteiger partial charge in [0.05, 0.1) is 5.02 Å². The number of hydrogen-bond donors (Lipinski definition) is 0. The van der Waals surface area contributed by atoms with Crippen LogP contribution >= 0.6 is 34.2 Å². The Balaban J connectivity index is 2.25. The van der Waals surface area contributed by atoms with E-state index in [1.54, 1.807) is 0 Å². The van der Waals surface area contributed by atoms with Gasteiger partial charge in [0.15, 0.2) is 0 Å². The van der Waals surface area contributed by atoms with Gasteiger partial charge in [0.2, 0.25) is 0 Å². The van der Waals surface area contributed by atoms with Crippen LogP contribution in [0.2, 0.25) is 5.02 Å². The summed E-state index contributed by atoms with van der Waals surface area (Å²) >= 11 is 8.26. The number of benzene rings is 2. The molecular weight excluding hydrogens is 322 g/mol. The van der Waals surface area contributed by atoms with Crippen molar-refractivity contribution in [3.63, 3.8) is 0 Å². The molecule has 0 aliphatic carbocycles. The molecule has 0 unspecified atom stereocenters. The molecule has 0 aromatic heterocycles. The maximum Gasteiger partial charge on any atom is 0.146 e. The second-order valence-electron chi connectivity index (χ2n) is 2.99. The van der Waals surface area contributed by atoms with Crippen molar-refractivity contribution in [2.24, 2.45) is 0 Å². The molecule has 2 rings (SSSR count). The fourth-order valence-electron chi connectivity index (χ4n) is 1.17. The molecule has 0 amide bonds. The van der Waals surface area contributed by atoms with E-state index in [0.717, 1.165) is 9.32 Å². The number of para-hydroxylation sites is 1. The van der Waals surface area contributed by atoms with Crippen molar-refractivity contribution in [2.45, 2.75) is 0 Å². The lowest BCUT2D eigenvalue weighted by molar-refractivity contribution is 0.483. The van der Waals surface area contributed by atoms with Gasteiger partial charge in [-0.05, 0) is 52.9 Å². The van der Waals surface area contributed by atoms with Crippen LogP contribution in [0.5, 0.6) is 11.5 Å². The third kappa shape index (κ3) is 2.86. The van der Waals surface area contributed by atoms with Crippen LogP contribution in [-0.2, 0) is 0 Å². The van der Waals surface area contributed by atoms with E-state index in [9.17, 15) is 0 Å². The second kappa shape index (κ2) is 4.86. The first kappa shape index (κ1) is 10.8. The number of hydrogen-bond acceptors (Lipinski definition) is 1. The van der Waals surface area contributed by atoms with E-state index >= 15 is 0 Å². The van der Waals surface area contributed by atoms with E-state index in [0.29, 0.717) is 10.8 Å². The van der Waals surface area contributed by atoms with E-state index in [1.165, 1.54) is 0 Å². The second-order valence-corrected chi connectivity index (χ2v) is 4.64. The monoisotopic (exact) mass is 330 g/mol. The van der Waals surface area contributed by atoms with Gasteiger partial charge in [-0.3, -0.25) is 0 Å². The molecule has 0 fully saturated rings. The molecule has 1 nitrogen and oxygen atoms in total. The number of ether oxygens (including phenoxy) is 1. The normalized spacial score (nSPS) is 10.0. The Morgan fingerprint density at radius 1 is 1.00 bits per heavy atom. The van der Waals surface area contributed by atoms with E-state index in [1.807, 2.05) is 48.5 Å². The third-order valence-corrected chi connectivity index (χ3v) is 2.83. The Morgan fingerprint density at radius 3 is 2.40 bits per heavy atom. The standard InChI is InChI=1S/C12H8ClIO/c13-11-8-9(14)6-7-12(11)15-10-4-2-1-3-5-10/h1-8H. The largest absolute Gasteiger partial charge is 0.456 e. The fraction of sp³-hybridized carbons (Fsp3) is 0. The van der Waals surface area contributed by atoms with Gasteiger partial charge in [-0.2, -0.15) is 0 Å². The molecule has 0 radical (unpaired) electrons. The van der Waals surface area contributed by atoms with Crippen LogP contribution in [0.4, 0.5) is 0 Å². The Hall–Kier alpha value is -0.740. The van der Waals surface area contributed by atoms with Crippen LogP contribution in [0.1, 0.15) is 0 Å². The fourth-order valence-corrected chi connectivity index (χ4v) is 2.07. The Kier molecular flexibility index (Phi) is 3.49. The highest BCUT2D eigenvalue weighted by atomic mass is 127. The van der Waals surface area contributed by atoms with Crippen LogP contribution in [0.3, 0.4) is 0 Å². The van der Waals surface area contributed by atoms with Crippen LogP contribution < -0.4 is 4.74 Å². The topological polar surface area (TPSA) is 9.23 Å². The van der Waals surface area contributed by atoms with Crippen molar-refractivity contribution in [3.8, 4) is 11.5 Å². The molecule has 15 heavy (non-hydrogen) atoms. The summed E-state index contributed by atoms with van der Waals surface area (Å²) in [6.07, 6.45) is 0. The Bertz CT molecular complexity index is 456. The highest BCUT2D eigenvalue weighted by molar-refractivity contribution is 14.1. The van der Waals surface area contributed by atoms with E-state index in [2.05, 4.69) is 22.6 Å². The molecule has 0 saturated heterocycles. The van der Waals surface area contributed by atoms with Gasteiger partial charge in [0.25, 0.3) is 0 Å². The zero-order valence-electron chi connectivity index (χ0n) is 7.78. The SMILES string of the molecule is Clc1cc(I)ccc1Oc1ccccc1. The minimum absolute atomic E-state index is 0.630. The third-order valence-electron chi connectivity index (χ3n) is 1.86.